The molecule has 0 saturated carbocycles. The Morgan fingerprint density at radius 3 is 2.33 bits per heavy atom. The number of carboxylic acid groups (broad SMARTS) is 1. The van der Waals surface area contributed by atoms with Crippen LogP contribution < -0.4 is 0 Å². The summed E-state index contributed by atoms with van der Waals surface area (Å²) in [5.74, 6) is -1.24. The van der Waals surface area contributed by atoms with Crippen LogP contribution in [0.5, 0.6) is 0 Å². The normalized spacial score (nSPS) is 15.8. The maximum Gasteiger partial charge on any atom is 0.317 e. The van der Waals surface area contributed by atoms with Gasteiger partial charge >= 0.3 is 11.9 Å². The molecule has 0 aromatic rings. The highest BCUT2D eigenvalue weighted by Gasteiger charge is 2.22. The minimum atomic E-state index is -0.878. The summed E-state index contributed by atoms with van der Waals surface area (Å²) < 4.78 is 9.79. The van der Waals surface area contributed by atoms with Gasteiger partial charge in [-0.05, 0) is 18.8 Å². The molecule has 0 bridgehead atoms. The maximum absolute atomic E-state index is 11.6. The highest BCUT2D eigenvalue weighted by Crippen LogP contribution is 2.21. The minimum absolute atomic E-state index is 0.135. The first-order valence-electron chi connectivity index (χ1n) is 5.90. The molecule has 0 spiro atoms. The van der Waals surface area contributed by atoms with Crippen LogP contribution >= 0.6 is 15.9 Å². The summed E-state index contributed by atoms with van der Waals surface area (Å²) in [7, 11) is 1.54. The Labute approximate surface area is 116 Å². The molecular weight excluding hydrogens is 304 g/mol. The Hall–Kier alpha value is -0.620. The lowest BCUT2D eigenvalue weighted by molar-refractivity contribution is -0.149. The van der Waals surface area contributed by atoms with Gasteiger partial charge in [0.2, 0.25) is 0 Å². The number of hydrogen-bond acceptors (Lipinski definition) is 4. The number of rotatable bonds is 9. The molecule has 18 heavy (non-hydrogen) atoms. The summed E-state index contributed by atoms with van der Waals surface area (Å²) in [4.78, 5) is 21.7. The molecule has 6 heteroatoms. The summed E-state index contributed by atoms with van der Waals surface area (Å²) >= 11 is 3.09. The van der Waals surface area contributed by atoms with Gasteiger partial charge in [-0.3, -0.25) is 9.59 Å². The fraction of sp³-hybridized carbons (Fsp3) is 0.833. The first-order valence-corrected chi connectivity index (χ1v) is 6.82. The number of carbonyl (C=O) groups is 2. The van der Waals surface area contributed by atoms with Crippen LogP contribution in [0.2, 0.25) is 0 Å². The molecule has 0 fully saturated rings. The van der Waals surface area contributed by atoms with E-state index in [1.165, 1.54) is 0 Å². The average Bonchev–Trinajstić information content (AvgIpc) is 2.28. The van der Waals surface area contributed by atoms with Crippen molar-refractivity contribution in [2.45, 2.75) is 31.5 Å². The van der Waals surface area contributed by atoms with Crippen molar-refractivity contribution in [3.8, 4) is 0 Å². The molecule has 3 atom stereocenters. The molecule has 0 saturated heterocycles. The molecule has 1 N–H and O–H groups in total. The van der Waals surface area contributed by atoms with Gasteiger partial charge in [-0.2, -0.15) is 0 Å². The third kappa shape index (κ3) is 7.66. The van der Waals surface area contributed by atoms with Crippen LogP contribution in [0, 0.1) is 11.8 Å². The largest absolute Gasteiger partial charge is 0.480 e. The van der Waals surface area contributed by atoms with Gasteiger partial charge in [0.1, 0.15) is 11.4 Å². The van der Waals surface area contributed by atoms with Crippen LogP contribution in [0.15, 0.2) is 0 Å². The molecule has 106 valence electrons. The van der Waals surface area contributed by atoms with E-state index in [0.29, 0.717) is 19.4 Å². The number of methoxy groups -OCH3 is 1. The smallest absolute Gasteiger partial charge is 0.317 e. The van der Waals surface area contributed by atoms with E-state index in [0.717, 1.165) is 0 Å². The second-order valence-electron chi connectivity index (χ2n) is 4.44. The van der Waals surface area contributed by atoms with E-state index >= 15 is 0 Å². The van der Waals surface area contributed by atoms with E-state index in [9.17, 15) is 9.59 Å². The first-order chi connectivity index (χ1) is 8.38. The molecule has 0 rings (SSSR count). The SMILES string of the molecule is COCCOC(=O)C(C)CC(C)CC(Br)C(=O)O. The topological polar surface area (TPSA) is 72.8 Å². The van der Waals surface area contributed by atoms with E-state index < -0.39 is 10.8 Å². The average molecular weight is 325 g/mol. The number of aliphatic carboxylic acids is 1. The van der Waals surface area contributed by atoms with Crippen LogP contribution in [0.3, 0.4) is 0 Å². The second-order valence-corrected chi connectivity index (χ2v) is 5.55. The lowest BCUT2D eigenvalue weighted by atomic mass is 9.93. The molecule has 3 unspecified atom stereocenters. The van der Waals surface area contributed by atoms with E-state index in [1.54, 1.807) is 14.0 Å². The fourth-order valence-electron chi connectivity index (χ4n) is 1.62. The van der Waals surface area contributed by atoms with Crippen molar-refractivity contribution in [3.05, 3.63) is 0 Å². The molecule has 5 nitrogen and oxygen atoms in total. The molecule has 0 aromatic carbocycles. The summed E-state index contributed by atoms with van der Waals surface area (Å²) in [5, 5.41) is 8.77. The van der Waals surface area contributed by atoms with Crippen LogP contribution in [0.25, 0.3) is 0 Å². The number of alkyl halides is 1. The van der Waals surface area contributed by atoms with E-state index in [2.05, 4.69) is 15.9 Å². The number of halogens is 1. The molecule has 0 aromatic heterocycles. The highest BCUT2D eigenvalue weighted by molar-refractivity contribution is 9.10. The van der Waals surface area contributed by atoms with Crippen molar-refractivity contribution in [1.29, 1.82) is 0 Å². The molecule has 0 aliphatic heterocycles. The first kappa shape index (κ1) is 17.4. The van der Waals surface area contributed by atoms with Crippen LogP contribution in [-0.4, -0.2) is 42.2 Å². The van der Waals surface area contributed by atoms with Crippen molar-refractivity contribution < 1.29 is 24.2 Å². The number of esters is 1. The Morgan fingerprint density at radius 2 is 1.83 bits per heavy atom. The predicted octanol–water partition coefficient (Wildman–Crippen LogP) is 2.08. The third-order valence-electron chi connectivity index (χ3n) is 2.57. The van der Waals surface area contributed by atoms with Crippen molar-refractivity contribution >= 4 is 27.9 Å². The standard InChI is InChI=1S/C12H21BrO5/c1-8(7-10(13)11(14)15)6-9(2)12(16)18-5-4-17-3/h8-10H,4-7H2,1-3H3,(H,14,15). The summed E-state index contributed by atoms with van der Waals surface area (Å²) in [6, 6.07) is 0. The molecule has 0 aliphatic carbocycles. The predicted molar refractivity (Wildman–Crippen MR) is 70.7 cm³/mol. The van der Waals surface area contributed by atoms with E-state index in [4.69, 9.17) is 14.6 Å². The zero-order valence-electron chi connectivity index (χ0n) is 11.0. The quantitative estimate of drug-likeness (QED) is 0.399. The van der Waals surface area contributed by atoms with Crippen LogP contribution in [0.4, 0.5) is 0 Å². The number of carbonyl (C=O) groups excluding carboxylic acids is 1. The van der Waals surface area contributed by atoms with E-state index in [1.807, 2.05) is 6.92 Å². The van der Waals surface area contributed by atoms with Gasteiger partial charge in [-0.25, -0.2) is 0 Å². The zero-order chi connectivity index (χ0) is 14.1. The molecule has 0 aliphatic rings. The van der Waals surface area contributed by atoms with Crippen LogP contribution in [-0.2, 0) is 19.1 Å². The fourth-order valence-corrected chi connectivity index (χ4v) is 2.26. The van der Waals surface area contributed by atoms with Crippen molar-refractivity contribution in [2.75, 3.05) is 20.3 Å². The van der Waals surface area contributed by atoms with Gasteiger partial charge in [-0.15, -0.1) is 0 Å². The number of ether oxygens (including phenoxy) is 2. The summed E-state index contributed by atoms with van der Waals surface area (Å²) in [6.07, 6.45) is 1.10. The zero-order valence-corrected chi connectivity index (χ0v) is 12.6. The Bertz CT molecular complexity index is 269. The molecule has 0 amide bonds. The Balaban J connectivity index is 3.94. The van der Waals surface area contributed by atoms with Gasteiger partial charge in [-0.1, -0.05) is 29.8 Å². The van der Waals surface area contributed by atoms with Gasteiger partial charge < -0.3 is 14.6 Å². The Morgan fingerprint density at radius 1 is 1.22 bits per heavy atom. The van der Waals surface area contributed by atoms with Gasteiger partial charge in [0.05, 0.1) is 12.5 Å². The van der Waals surface area contributed by atoms with Gasteiger partial charge in [0.15, 0.2) is 0 Å². The van der Waals surface area contributed by atoms with Crippen molar-refractivity contribution in [1.82, 2.24) is 0 Å². The minimum Gasteiger partial charge on any atom is -0.480 e. The number of hydrogen-bond donors (Lipinski definition) is 1. The summed E-state index contributed by atoms with van der Waals surface area (Å²) in [5.41, 5.74) is 0. The van der Waals surface area contributed by atoms with E-state index in [-0.39, 0.29) is 24.4 Å². The van der Waals surface area contributed by atoms with Gasteiger partial charge in [0.25, 0.3) is 0 Å². The van der Waals surface area contributed by atoms with Crippen molar-refractivity contribution in [3.63, 3.8) is 0 Å². The lowest BCUT2D eigenvalue weighted by Crippen LogP contribution is -2.22. The highest BCUT2D eigenvalue weighted by atomic mass is 79.9. The summed E-state index contributed by atoms with van der Waals surface area (Å²) in [6.45, 7) is 4.35. The maximum atomic E-state index is 11.6. The van der Waals surface area contributed by atoms with Crippen molar-refractivity contribution in [2.24, 2.45) is 11.8 Å². The molecular formula is C12H21BrO5. The lowest BCUT2D eigenvalue weighted by Gasteiger charge is -2.17. The monoisotopic (exact) mass is 324 g/mol. The van der Waals surface area contributed by atoms with Crippen LogP contribution in [0.1, 0.15) is 26.7 Å². The Kier molecular flexibility index (Phi) is 9.01. The number of carboxylic acids is 1. The molecule has 0 radical (unpaired) electrons. The second kappa shape index (κ2) is 9.33. The van der Waals surface area contributed by atoms with Gasteiger partial charge in [0, 0.05) is 7.11 Å². The third-order valence-corrected chi connectivity index (χ3v) is 3.33. The molecule has 0 heterocycles.